The topological polar surface area (TPSA) is 15.3 Å². The molecule has 2 unspecified atom stereocenters. The lowest BCUT2D eigenvalue weighted by Gasteiger charge is -2.36. The molecule has 2 atom stereocenters. The summed E-state index contributed by atoms with van der Waals surface area (Å²) in [6, 6.07) is 1.74. The van der Waals surface area contributed by atoms with E-state index in [-0.39, 0.29) is 0 Å². The second-order valence-corrected chi connectivity index (χ2v) is 5.92. The third kappa shape index (κ3) is 3.96. The first-order valence-corrected chi connectivity index (χ1v) is 7.82. The highest BCUT2D eigenvalue weighted by atomic mass is 15.2. The van der Waals surface area contributed by atoms with Crippen LogP contribution in [0.1, 0.15) is 58.8 Å². The molecule has 2 saturated carbocycles. The van der Waals surface area contributed by atoms with E-state index in [0.717, 1.165) is 18.0 Å². The van der Waals surface area contributed by atoms with Gasteiger partial charge in [-0.25, -0.2) is 0 Å². The van der Waals surface area contributed by atoms with Crippen LogP contribution in [-0.4, -0.2) is 36.6 Å². The maximum absolute atomic E-state index is 3.78. The van der Waals surface area contributed by atoms with Crippen LogP contribution >= 0.6 is 0 Å². The molecule has 0 bridgehead atoms. The van der Waals surface area contributed by atoms with E-state index in [1.54, 1.807) is 0 Å². The Bertz CT molecular complexity index is 213. The van der Waals surface area contributed by atoms with Gasteiger partial charge in [-0.05, 0) is 51.1 Å². The first kappa shape index (κ1) is 13.4. The van der Waals surface area contributed by atoms with Gasteiger partial charge in [0, 0.05) is 18.6 Å². The Morgan fingerprint density at radius 3 is 2.47 bits per heavy atom. The number of nitrogens with one attached hydrogen (secondary N) is 1. The maximum Gasteiger partial charge on any atom is 0.0107 e. The van der Waals surface area contributed by atoms with E-state index in [9.17, 15) is 0 Å². The summed E-state index contributed by atoms with van der Waals surface area (Å²) in [5.41, 5.74) is 0. The van der Waals surface area contributed by atoms with Gasteiger partial charge in [-0.1, -0.05) is 26.7 Å². The molecule has 2 aliphatic carbocycles. The van der Waals surface area contributed by atoms with Crippen LogP contribution < -0.4 is 5.32 Å². The molecule has 2 rings (SSSR count). The van der Waals surface area contributed by atoms with Crippen molar-refractivity contribution >= 4 is 0 Å². The Balaban J connectivity index is 1.81. The Kier molecular flexibility index (Phi) is 5.30. The van der Waals surface area contributed by atoms with E-state index in [2.05, 4.69) is 24.1 Å². The van der Waals surface area contributed by atoms with Crippen LogP contribution in [0, 0.1) is 5.92 Å². The van der Waals surface area contributed by atoms with Gasteiger partial charge in [0.1, 0.15) is 0 Å². The monoisotopic (exact) mass is 238 g/mol. The van der Waals surface area contributed by atoms with Crippen LogP contribution in [0.5, 0.6) is 0 Å². The molecule has 0 aliphatic heterocycles. The van der Waals surface area contributed by atoms with Gasteiger partial charge in [0.2, 0.25) is 0 Å². The maximum atomic E-state index is 3.78. The zero-order valence-electron chi connectivity index (χ0n) is 11.8. The van der Waals surface area contributed by atoms with Crippen molar-refractivity contribution in [2.75, 3.05) is 19.6 Å². The molecule has 0 aromatic carbocycles. The average molecular weight is 238 g/mol. The smallest absolute Gasteiger partial charge is 0.0107 e. The zero-order chi connectivity index (χ0) is 12.1. The lowest BCUT2D eigenvalue weighted by Crippen LogP contribution is -2.45. The number of hydrogen-bond acceptors (Lipinski definition) is 2. The second kappa shape index (κ2) is 6.75. The number of rotatable bonds is 7. The number of nitrogens with zero attached hydrogens (tertiary/aromatic N) is 1. The summed E-state index contributed by atoms with van der Waals surface area (Å²) in [5.74, 6) is 0.913. The Morgan fingerprint density at radius 1 is 1.06 bits per heavy atom. The van der Waals surface area contributed by atoms with E-state index in [0.29, 0.717) is 0 Å². The van der Waals surface area contributed by atoms with Gasteiger partial charge in [0.05, 0.1) is 0 Å². The Labute approximate surface area is 107 Å². The minimum absolute atomic E-state index is 0.802. The summed E-state index contributed by atoms with van der Waals surface area (Å²) in [6.45, 7) is 8.41. The molecule has 0 heterocycles. The molecule has 2 aliphatic rings. The predicted octanol–water partition coefficient (Wildman–Crippen LogP) is 3.03. The molecular formula is C15H30N2. The normalized spacial score (nSPS) is 29.8. The minimum atomic E-state index is 0.802. The molecular weight excluding hydrogens is 208 g/mol. The Hall–Kier alpha value is -0.0800. The van der Waals surface area contributed by atoms with Crippen molar-refractivity contribution in [3.63, 3.8) is 0 Å². The second-order valence-electron chi connectivity index (χ2n) is 5.92. The van der Waals surface area contributed by atoms with Crippen molar-refractivity contribution in [2.24, 2.45) is 5.92 Å². The third-order valence-electron chi connectivity index (χ3n) is 4.50. The van der Waals surface area contributed by atoms with Crippen LogP contribution in [0.15, 0.2) is 0 Å². The van der Waals surface area contributed by atoms with Gasteiger partial charge in [-0.3, -0.25) is 0 Å². The Morgan fingerprint density at radius 2 is 1.82 bits per heavy atom. The largest absolute Gasteiger partial charge is 0.314 e. The van der Waals surface area contributed by atoms with Crippen molar-refractivity contribution in [2.45, 2.75) is 70.9 Å². The van der Waals surface area contributed by atoms with Crippen LogP contribution in [0.3, 0.4) is 0 Å². The lowest BCUT2D eigenvalue weighted by molar-refractivity contribution is 0.167. The highest BCUT2D eigenvalue weighted by molar-refractivity contribution is 4.89. The lowest BCUT2D eigenvalue weighted by atomic mass is 9.84. The molecule has 0 aromatic rings. The van der Waals surface area contributed by atoms with Crippen molar-refractivity contribution in [1.29, 1.82) is 0 Å². The van der Waals surface area contributed by atoms with E-state index in [4.69, 9.17) is 0 Å². The van der Waals surface area contributed by atoms with Crippen molar-refractivity contribution in [3.05, 3.63) is 0 Å². The molecule has 0 spiro atoms. The van der Waals surface area contributed by atoms with E-state index in [1.807, 2.05) is 0 Å². The quantitative estimate of drug-likeness (QED) is 0.733. The van der Waals surface area contributed by atoms with E-state index >= 15 is 0 Å². The van der Waals surface area contributed by atoms with Crippen molar-refractivity contribution in [1.82, 2.24) is 10.2 Å². The van der Waals surface area contributed by atoms with E-state index in [1.165, 1.54) is 64.6 Å². The summed E-state index contributed by atoms with van der Waals surface area (Å²) in [5, 5.41) is 3.78. The molecule has 0 radical (unpaired) electrons. The third-order valence-corrected chi connectivity index (χ3v) is 4.50. The van der Waals surface area contributed by atoms with Gasteiger partial charge in [-0.2, -0.15) is 0 Å². The fourth-order valence-corrected chi connectivity index (χ4v) is 3.30. The highest BCUT2D eigenvalue weighted by Crippen LogP contribution is 2.31. The van der Waals surface area contributed by atoms with E-state index < -0.39 is 0 Å². The van der Waals surface area contributed by atoms with Crippen LogP contribution in [0.25, 0.3) is 0 Å². The average Bonchev–Trinajstić information content (AvgIpc) is 3.19. The zero-order valence-corrected chi connectivity index (χ0v) is 11.8. The fraction of sp³-hybridized carbons (Fsp3) is 1.00. The molecule has 2 nitrogen and oxygen atoms in total. The van der Waals surface area contributed by atoms with Gasteiger partial charge in [0.15, 0.2) is 0 Å². The first-order chi connectivity index (χ1) is 8.35. The molecule has 2 fully saturated rings. The standard InChI is InChI=1S/C15H30N2/c1-3-11-16-15-8-6-5-7-13(15)12-17(4-2)14-9-10-14/h13-16H,3-12H2,1-2H3. The molecule has 0 saturated heterocycles. The van der Waals surface area contributed by atoms with Crippen molar-refractivity contribution in [3.8, 4) is 0 Å². The first-order valence-electron chi connectivity index (χ1n) is 7.82. The van der Waals surface area contributed by atoms with Gasteiger partial charge >= 0.3 is 0 Å². The summed E-state index contributed by atoms with van der Waals surface area (Å²) in [6.07, 6.45) is 9.92. The summed E-state index contributed by atoms with van der Waals surface area (Å²) < 4.78 is 0. The molecule has 17 heavy (non-hydrogen) atoms. The van der Waals surface area contributed by atoms with Crippen molar-refractivity contribution < 1.29 is 0 Å². The van der Waals surface area contributed by atoms with Crippen LogP contribution in [-0.2, 0) is 0 Å². The van der Waals surface area contributed by atoms with Gasteiger partial charge in [-0.15, -0.1) is 0 Å². The van der Waals surface area contributed by atoms with Crippen LogP contribution in [0.4, 0.5) is 0 Å². The predicted molar refractivity (Wildman–Crippen MR) is 74.3 cm³/mol. The molecule has 100 valence electrons. The summed E-state index contributed by atoms with van der Waals surface area (Å²) >= 11 is 0. The SMILES string of the molecule is CCCNC1CCCCC1CN(CC)C1CC1. The van der Waals surface area contributed by atoms with Gasteiger partial charge in [0.25, 0.3) is 0 Å². The van der Waals surface area contributed by atoms with Gasteiger partial charge < -0.3 is 10.2 Å². The molecule has 1 N–H and O–H groups in total. The molecule has 2 heteroatoms. The summed E-state index contributed by atoms with van der Waals surface area (Å²) in [7, 11) is 0. The molecule has 0 aromatic heterocycles. The minimum Gasteiger partial charge on any atom is -0.314 e. The molecule has 0 amide bonds. The van der Waals surface area contributed by atoms with Crippen LogP contribution in [0.2, 0.25) is 0 Å². The number of hydrogen-bond donors (Lipinski definition) is 1. The fourth-order valence-electron chi connectivity index (χ4n) is 3.30. The highest BCUT2D eigenvalue weighted by Gasteiger charge is 2.32. The summed E-state index contributed by atoms with van der Waals surface area (Å²) in [4.78, 5) is 2.73.